The van der Waals surface area contributed by atoms with E-state index >= 15 is 0 Å². The molecule has 1 nitrogen and oxygen atoms in total. The van der Waals surface area contributed by atoms with E-state index in [0.29, 0.717) is 5.56 Å². The smallest absolute Gasteiger partial charge is 0.252 e. The number of hydrogen-bond acceptors (Lipinski definition) is 1. The molecule has 0 aromatic heterocycles. The Morgan fingerprint density at radius 3 is 2.18 bits per heavy atom. The first-order chi connectivity index (χ1) is 8.24. The molecule has 0 fully saturated rings. The van der Waals surface area contributed by atoms with Gasteiger partial charge in [0.25, 0.3) is 5.24 Å². The summed E-state index contributed by atoms with van der Waals surface area (Å²) in [5.41, 5.74) is 1.88. The summed E-state index contributed by atoms with van der Waals surface area (Å²) >= 11 is 5.39. The molecule has 0 bridgehead atoms. The molecule has 0 atom stereocenters. The number of benzene rings is 1. The highest BCUT2D eigenvalue weighted by Gasteiger charge is 2.00. The van der Waals surface area contributed by atoms with Gasteiger partial charge in [0.05, 0.1) is 0 Å². The van der Waals surface area contributed by atoms with Crippen LogP contribution < -0.4 is 0 Å². The summed E-state index contributed by atoms with van der Waals surface area (Å²) in [6, 6.07) is 7.62. The molecule has 0 heterocycles. The van der Waals surface area contributed by atoms with Gasteiger partial charge in [-0.2, -0.15) is 0 Å². The van der Waals surface area contributed by atoms with Crippen molar-refractivity contribution in [2.24, 2.45) is 0 Å². The molecule has 0 saturated heterocycles. The van der Waals surface area contributed by atoms with Crippen LogP contribution in [-0.4, -0.2) is 5.24 Å². The molecular weight excluding hydrogens is 232 g/mol. The molecule has 0 spiro atoms. The van der Waals surface area contributed by atoms with Crippen LogP contribution in [0.5, 0.6) is 0 Å². The highest BCUT2D eigenvalue weighted by molar-refractivity contribution is 6.67. The van der Waals surface area contributed by atoms with Crippen molar-refractivity contribution in [2.45, 2.75) is 51.9 Å². The number of carbonyl (C=O) groups excluding carboxylic acids is 1. The van der Waals surface area contributed by atoms with Gasteiger partial charge in [0.1, 0.15) is 0 Å². The molecule has 1 rings (SSSR count). The zero-order valence-electron chi connectivity index (χ0n) is 10.5. The monoisotopic (exact) mass is 252 g/mol. The first-order valence-electron chi connectivity index (χ1n) is 6.53. The number of halogens is 1. The Hall–Kier alpha value is -0.820. The van der Waals surface area contributed by atoms with Crippen LogP contribution in [0.4, 0.5) is 0 Å². The standard InChI is InChI=1S/C15H21ClO/c1-2-3-4-5-6-7-8-13-9-11-14(12-10-13)15(16)17/h9-12H,2-8H2,1H3. The molecule has 0 unspecified atom stereocenters. The Bertz CT molecular complexity index is 329. The van der Waals surface area contributed by atoms with Crippen LogP contribution in [0.3, 0.4) is 0 Å². The van der Waals surface area contributed by atoms with Crippen molar-refractivity contribution in [3.05, 3.63) is 35.4 Å². The Labute approximate surface area is 109 Å². The molecule has 1 aromatic carbocycles. The molecule has 0 saturated carbocycles. The van der Waals surface area contributed by atoms with Gasteiger partial charge in [-0.1, -0.05) is 51.2 Å². The number of carbonyl (C=O) groups is 1. The second-order valence-corrected chi connectivity index (χ2v) is 4.83. The van der Waals surface area contributed by atoms with Crippen LogP contribution in [0.25, 0.3) is 0 Å². The van der Waals surface area contributed by atoms with Crippen LogP contribution in [0.2, 0.25) is 0 Å². The van der Waals surface area contributed by atoms with Crippen molar-refractivity contribution in [1.82, 2.24) is 0 Å². The van der Waals surface area contributed by atoms with E-state index in [4.69, 9.17) is 11.6 Å². The molecule has 17 heavy (non-hydrogen) atoms. The lowest BCUT2D eigenvalue weighted by Gasteiger charge is -2.02. The summed E-state index contributed by atoms with van der Waals surface area (Å²) in [6.07, 6.45) is 8.99. The summed E-state index contributed by atoms with van der Waals surface area (Å²) in [5, 5.41) is -0.379. The van der Waals surface area contributed by atoms with E-state index in [-0.39, 0.29) is 5.24 Å². The van der Waals surface area contributed by atoms with Gasteiger partial charge in [-0.25, -0.2) is 0 Å². The zero-order chi connectivity index (χ0) is 12.5. The lowest BCUT2D eigenvalue weighted by molar-refractivity contribution is 0.108. The maximum Gasteiger partial charge on any atom is 0.252 e. The van der Waals surface area contributed by atoms with Gasteiger partial charge in [-0.05, 0) is 42.1 Å². The molecule has 0 aliphatic carbocycles. The van der Waals surface area contributed by atoms with E-state index in [0.717, 1.165) is 6.42 Å². The van der Waals surface area contributed by atoms with E-state index in [1.807, 2.05) is 24.3 Å². The maximum absolute atomic E-state index is 10.9. The average molecular weight is 253 g/mol. The van der Waals surface area contributed by atoms with Crippen molar-refractivity contribution in [2.75, 3.05) is 0 Å². The fourth-order valence-electron chi connectivity index (χ4n) is 1.91. The minimum absolute atomic E-state index is 0.379. The second-order valence-electron chi connectivity index (χ2n) is 4.49. The fourth-order valence-corrected chi connectivity index (χ4v) is 2.04. The zero-order valence-corrected chi connectivity index (χ0v) is 11.3. The van der Waals surface area contributed by atoms with Gasteiger partial charge < -0.3 is 0 Å². The highest BCUT2D eigenvalue weighted by Crippen LogP contribution is 2.12. The molecule has 0 radical (unpaired) electrons. The third-order valence-corrected chi connectivity index (χ3v) is 3.22. The molecule has 94 valence electrons. The van der Waals surface area contributed by atoms with Crippen molar-refractivity contribution >= 4 is 16.8 Å². The Balaban J connectivity index is 2.21. The lowest BCUT2D eigenvalue weighted by atomic mass is 10.0. The van der Waals surface area contributed by atoms with Crippen LogP contribution in [0, 0.1) is 0 Å². The molecule has 0 aliphatic heterocycles. The Morgan fingerprint density at radius 2 is 1.59 bits per heavy atom. The van der Waals surface area contributed by atoms with Gasteiger partial charge in [0, 0.05) is 5.56 Å². The predicted molar refractivity (Wildman–Crippen MR) is 73.7 cm³/mol. The minimum Gasteiger partial charge on any atom is -0.276 e. The van der Waals surface area contributed by atoms with Crippen molar-refractivity contribution in [3.63, 3.8) is 0 Å². The number of hydrogen-bond donors (Lipinski definition) is 0. The van der Waals surface area contributed by atoms with Crippen molar-refractivity contribution in [3.8, 4) is 0 Å². The molecule has 0 amide bonds. The quantitative estimate of drug-likeness (QED) is 0.472. The largest absolute Gasteiger partial charge is 0.276 e. The Kier molecular flexibility index (Phi) is 6.95. The van der Waals surface area contributed by atoms with Crippen LogP contribution >= 0.6 is 11.6 Å². The van der Waals surface area contributed by atoms with Crippen LogP contribution in [0.1, 0.15) is 61.4 Å². The van der Waals surface area contributed by atoms with Crippen LogP contribution in [-0.2, 0) is 6.42 Å². The number of aryl methyl sites for hydroxylation is 1. The SMILES string of the molecule is CCCCCCCCc1ccc(C(=O)Cl)cc1. The van der Waals surface area contributed by atoms with E-state index in [9.17, 15) is 4.79 Å². The Morgan fingerprint density at radius 1 is 1.00 bits per heavy atom. The molecule has 0 N–H and O–H groups in total. The fraction of sp³-hybridized carbons (Fsp3) is 0.533. The second kappa shape index (κ2) is 8.30. The minimum atomic E-state index is -0.379. The number of unbranched alkanes of at least 4 members (excludes halogenated alkanes) is 5. The molecule has 0 aliphatic rings. The first kappa shape index (κ1) is 14.2. The third kappa shape index (κ3) is 5.88. The normalized spacial score (nSPS) is 10.5. The molecular formula is C15H21ClO. The summed E-state index contributed by atoms with van der Waals surface area (Å²) < 4.78 is 0. The maximum atomic E-state index is 10.9. The lowest BCUT2D eigenvalue weighted by Crippen LogP contribution is -1.90. The van der Waals surface area contributed by atoms with E-state index in [1.165, 1.54) is 44.1 Å². The average Bonchev–Trinajstić information content (AvgIpc) is 2.34. The number of rotatable bonds is 8. The topological polar surface area (TPSA) is 17.1 Å². The van der Waals surface area contributed by atoms with Gasteiger partial charge >= 0.3 is 0 Å². The van der Waals surface area contributed by atoms with Gasteiger partial charge in [0.2, 0.25) is 0 Å². The van der Waals surface area contributed by atoms with Gasteiger partial charge in [0.15, 0.2) is 0 Å². The summed E-state index contributed by atoms with van der Waals surface area (Å²) in [7, 11) is 0. The third-order valence-electron chi connectivity index (χ3n) is 3.00. The molecule has 1 aromatic rings. The van der Waals surface area contributed by atoms with E-state index in [2.05, 4.69) is 6.92 Å². The summed E-state index contributed by atoms with van der Waals surface area (Å²) in [5.74, 6) is 0. The molecule has 2 heteroatoms. The van der Waals surface area contributed by atoms with Gasteiger partial charge in [-0.3, -0.25) is 4.79 Å². The van der Waals surface area contributed by atoms with E-state index < -0.39 is 0 Å². The van der Waals surface area contributed by atoms with Crippen LogP contribution in [0.15, 0.2) is 24.3 Å². The predicted octanol–water partition coefficient (Wildman–Crippen LogP) is 4.97. The summed E-state index contributed by atoms with van der Waals surface area (Å²) in [4.78, 5) is 10.9. The van der Waals surface area contributed by atoms with Crippen molar-refractivity contribution < 1.29 is 4.79 Å². The highest BCUT2D eigenvalue weighted by atomic mass is 35.5. The van der Waals surface area contributed by atoms with E-state index in [1.54, 1.807) is 0 Å². The first-order valence-corrected chi connectivity index (χ1v) is 6.90. The summed E-state index contributed by atoms with van der Waals surface area (Å²) in [6.45, 7) is 2.24. The van der Waals surface area contributed by atoms with Gasteiger partial charge in [-0.15, -0.1) is 0 Å². The van der Waals surface area contributed by atoms with Crippen molar-refractivity contribution in [1.29, 1.82) is 0 Å².